The lowest BCUT2D eigenvalue weighted by Gasteiger charge is -2.18. The average Bonchev–Trinajstić information content (AvgIpc) is 2.72. The third-order valence-corrected chi connectivity index (χ3v) is 3.48. The predicted molar refractivity (Wildman–Crippen MR) is 57.4 cm³/mol. The van der Waals surface area contributed by atoms with Crippen LogP contribution in [0, 0.1) is 0 Å². The normalized spacial score (nSPS) is 26.1. The van der Waals surface area contributed by atoms with Crippen LogP contribution in [-0.4, -0.2) is 31.4 Å². The highest BCUT2D eigenvalue weighted by molar-refractivity contribution is 7.89. The van der Waals surface area contributed by atoms with Crippen molar-refractivity contribution in [2.45, 2.75) is 31.1 Å². The Hall–Kier alpha value is -0.950. The quantitative estimate of drug-likeness (QED) is 0.819. The van der Waals surface area contributed by atoms with E-state index >= 15 is 0 Å². The van der Waals surface area contributed by atoms with Crippen molar-refractivity contribution >= 4 is 9.84 Å². The number of aromatic nitrogens is 2. The molecule has 1 aliphatic rings. The molecule has 0 aromatic carbocycles. The van der Waals surface area contributed by atoms with Gasteiger partial charge in [0.2, 0.25) is 5.89 Å². The van der Waals surface area contributed by atoms with Gasteiger partial charge in [0.15, 0.2) is 15.7 Å². The molecule has 2 heterocycles. The predicted octanol–water partition coefficient (Wildman–Crippen LogP) is 0.213. The molecule has 0 radical (unpaired) electrons. The van der Waals surface area contributed by atoms with Crippen LogP contribution >= 0.6 is 0 Å². The number of nitrogens with zero attached hydrogens (tertiary/aromatic N) is 2. The summed E-state index contributed by atoms with van der Waals surface area (Å²) < 4.78 is 27.3. The minimum Gasteiger partial charge on any atom is -0.337 e. The van der Waals surface area contributed by atoms with Crippen LogP contribution < -0.4 is 5.32 Å². The molecule has 1 fully saturated rings. The van der Waals surface area contributed by atoms with E-state index in [1.165, 1.54) is 0 Å². The molecular formula is C9H15N3O3S. The van der Waals surface area contributed by atoms with Crippen molar-refractivity contribution in [1.82, 2.24) is 15.5 Å². The van der Waals surface area contributed by atoms with E-state index in [1.54, 1.807) is 0 Å². The maximum Gasteiger partial charge on any atom is 0.246 e. The lowest BCUT2D eigenvalue weighted by Crippen LogP contribution is -2.33. The van der Waals surface area contributed by atoms with Gasteiger partial charge in [-0.2, -0.15) is 4.98 Å². The number of hydrogen-bond donors (Lipinski definition) is 1. The summed E-state index contributed by atoms with van der Waals surface area (Å²) in [6, 6.07) is 0. The summed E-state index contributed by atoms with van der Waals surface area (Å²) in [6.07, 6.45) is 3.13. The summed E-state index contributed by atoms with van der Waals surface area (Å²) in [7, 11) is -3.11. The Kier molecular flexibility index (Phi) is 2.75. The SMILES string of the molecule is CC1(c2nc(CS(C)(=O)=O)no2)CCCN1. The van der Waals surface area contributed by atoms with Crippen molar-refractivity contribution in [3.63, 3.8) is 0 Å². The summed E-state index contributed by atoms with van der Waals surface area (Å²) in [4.78, 5) is 4.13. The van der Waals surface area contributed by atoms with Gasteiger partial charge in [0, 0.05) is 6.26 Å². The van der Waals surface area contributed by atoms with Crippen molar-refractivity contribution in [3.05, 3.63) is 11.7 Å². The number of sulfone groups is 1. The zero-order chi connectivity index (χ0) is 11.8. The third-order valence-electron chi connectivity index (χ3n) is 2.70. The van der Waals surface area contributed by atoms with Gasteiger partial charge in [-0.15, -0.1) is 0 Å². The lowest BCUT2D eigenvalue weighted by molar-refractivity contribution is 0.274. The van der Waals surface area contributed by atoms with Gasteiger partial charge in [-0.3, -0.25) is 0 Å². The maximum atomic E-state index is 11.1. The highest BCUT2D eigenvalue weighted by Gasteiger charge is 2.35. The Balaban J connectivity index is 2.19. The molecule has 0 bridgehead atoms. The van der Waals surface area contributed by atoms with Crippen molar-refractivity contribution in [1.29, 1.82) is 0 Å². The molecule has 2 rings (SSSR count). The van der Waals surface area contributed by atoms with Crippen LogP contribution in [0.15, 0.2) is 4.52 Å². The molecule has 90 valence electrons. The monoisotopic (exact) mass is 245 g/mol. The van der Waals surface area contributed by atoms with E-state index < -0.39 is 9.84 Å². The molecule has 7 heteroatoms. The Morgan fingerprint density at radius 2 is 2.31 bits per heavy atom. The van der Waals surface area contributed by atoms with Gasteiger partial charge in [-0.05, 0) is 26.3 Å². The Bertz CT molecular complexity index is 474. The summed E-state index contributed by atoms with van der Waals surface area (Å²) in [5, 5.41) is 6.97. The second-order valence-corrected chi connectivity index (χ2v) is 6.59. The van der Waals surface area contributed by atoms with Gasteiger partial charge in [0.05, 0.1) is 5.54 Å². The van der Waals surface area contributed by atoms with Gasteiger partial charge in [-0.1, -0.05) is 5.16 Å². The van der Waals surface area contributed by atoms with Gasteiger partial charge in [0.1, 0.15) is 5.75 Å². The fraction of sp³-hybridized carbons (Fsp3) is 0.778. The maximum absolute atomic E-state index is 11.1. The minimum absolute atomic E-state index is 0.174. The molecule has 0 spiro atoms. The number of hydrogen-bond acceptors (Lipinski definition) is 6. The molecule has 1 atom stereocenters. The largest absolute Gasteiger partial charge is 0.337 e. The summed E-state index contributed by atoms with van der Waals surface area (Å²) in [6.45, 7) is 2.90. The summed E-state index contributed by atoms with van der Waals surface area (Å²) in [5.41, 5.74) is -0.303. The van der Waals surface area contributed by atoms with Crippen LogP contribution in [0.4, 0.5) is 0 Å². The Labute approximate surface area is 94.3 Å². The molecule has 0 saturated carbocycles. The van der Waals surface area contributed by atoms with Gasteiger partial charge in [0.25, 0.3) is 0 Å². The zero-order valence-electron chi connectivity index (χ0n) is 9.36. The van der Waals surface area contributed by atoms with Crippen LogP contribution in [0.5, 0.6) is 0 Å². The highest BCUT2D eigenvalue weighted by Crippen LogP contribution is 2.28. The molecular weight excluding hydrogens is 230 g/mol. The smallest absolute Gasteiger partial charge is 0.246 e. The first-order valence-corrected chi connectivity index (χ1v) is 7.21. The highest BCUT2D eigenvalue weighted by atomic mass is 32.2. The molecule has 1 aromatic heterocycles. The van der Waals surface area contributed by atoms with Crippen LogP contribution in [0.2, 0.25) is 0 Å². The molecule has 0 amide bonds. The fourth-order valence-electron chi connectivity index (χ4n) is 1.85. The van der Waals surface area contributed by atoms with Crippen molar-refractivity contribution in [3.8, 4) is 0 Å². The van der Waals surface area contributed by atoms with Gasteiger partial charge < -0.3 is 9.84 Å². The van der Waals surface area contributed by atoms with E-state index in [2.05, 4.69) is 15.5 Å². The molecule has 1 aromatic rings. The first-order chi connectivity index (χ1) is 7.39. The molecule has 1 aliphatic heterocycles. The average molecular weight is 245 g/mol. The molecule has 1 N–H and O–H groups in total. The standard InChI is InChI=1S/C9H15N3O3S/c1-9(4-3-5-10-9)8-11-7(12-15-8)6-16(2,13)14/h10H,3-6H2,1-2H3. The van der Waals surface area contributed by atoms with Crippen LogP contribution in [0.3, 0.4) is 0 Å². The minimum atomic E-state index is -3.11. The molecule has 1 saturated heterocycles. The Morgan fingerprint density at radius 3 is 2.88 bits per heavy atom. The number of rotatable bonds is 3. The molecule has 16 heavy (non-hydrogen) atoms. The van der Waals surface area contributed by atoms with Crippen LogP contribution in [0.1, 0.15) is 31.5 Å². The third kappa shape index (κ3) is 2.41. The molecule has 1 unspecified atom stereocenters. The van der Waals surface area contributed by atoms with Crippen LogP contribution in [0.25, 0.3) is 0 Å². The van der Waals surface area contributed by atoms with Crippen molar-refractivity contribution < 1.29 is 12.9 Å². The number of nitrogens with one attached hydrogen (secondary N) is 1. The zero-order valence-corrected chi connectivity index (χ0v) is 10.2. The first kappa shape index (κ1) is 11.5. The summed E-state index contributed by atoms with van der Waals surface area (Å²) >= 11 is 0. The van der Waals surface area contributed by atoms with Crippen molar-refractivity contribution in [2.24, 2.45) is 0 Å². The molecule has 0 aliphatic carbocycles. The topological polar surface area (TPSA) is 85.1 Å². The van der Waals surface area contributed by atoms with Gasteiger partial charge >= 0.3 is 0 Å². The summed E-state index contributed by atoms with van der Waals surface area (Å²) in [5.74, 6) is 0.531. The van der Waals surface area contributed by atoms with E-state index in [9.17, 15) is 8.42 Å². The second kappa shape index (κ2) is 3.81. The second-order valence-electron chi connectivity index (χ2n) is 4.45. The van der Waals surface area contributed by atoms with Crippen molar-refractivity contribution in [2.75, 3.05) is 12.8 Å². The van der Waals surface area contributed by atoms with E-state index in [0.717, 1.165) is 25.6 Å². The first-order valence-electron chi connectivity index (χ1n) is 5.15. The fourth-order valence-corrected chi connectivity index (χ4v) is 2.43. The van der Waals surface area contributed by atoms with Crippen LogP contribution in [-0.2, 0) is 21.1 Å². The van der Waals surface area contributed by atoms with E-state index in [1.807, 2.05) is 6.92 Å². The van der Waals surface area contributed by atoms with E-state index in [4.69, 9.17) is 4.52 Å². The molecule has 6 nitrogen and oxygen atoms in total. The van der Waals surface area contributed by atoms with E-state index in [0.29, 0.717) is 5.89 Å². The van der Waals surface area contributed by atoms with Gasteiger partial charge in [-0.25, -0.2) is 8.42 Å². The van der Waals surface area contributed by atoms with E-state index in [-0.39, 0.29) is 17.1 Å². The lowest BCUT2D eigenvalue weighted by atomic mass is 10.0. The Morgan fingerprint density at radius 1 is 1.56 bits per heavy atom.